The topological polar surface area (TPSA) is 86.8 Å². The van der Waals surface area contributed by atoms with E-state index in [1.54, 1.807) is 44.4 Å². The SMILES string of the molecule is CCCCN1C(=O)c2ccc(C(=O)Nc3ccc(SC(=O)N(C)C)cc3)cc2C1=O. The van der Waals surface area contributed by atoms with Gasteiger partial charge in [0.05, 0.1) is 11.1 Å². The number of carbonyl (C=O) groups is 4. The van der Waals surface area contributed by atoms with Crippen LogP contribution in [-0.4, -0.2) is 53.4 Å². The molecule has 1 heterocycles. The molecule has 0 bridgehead atoms. The molecule has 0 radical (unpaired) electrons. The van der Waals surface area contributed by atoms with Crippen LogP contribution in [0.1, 0.15) is 50.8 Å². The number of thioether (sulfide) groups is 1. The van der Waals surface area contributed by atoms with Crippen molar-refractivity contribution in [1.82, 2.24) is 9.80 Å². The number of imide groups is 1. The summed E-state index contributed by atoms with van der Waals surface area (Å²) in [6.07, 6.45) is 1.62. The third-order valence-corrected chi connectivity index (χ3v) is 5.70. The maximum absolute atomic E-state index is 12.6. The molecule has 0 fully saturated rings. The van der Waals surface area contributed by atoms with Crippen LogP contribution in [-0.2, 0) is 0 Å². The molecule has 1 aliphatic rings. The zero-order valence-corrected chi connectivity index (χ0v) is 17.9. The Balaban J connectivity index is 1.70. The fourth-order valence-electron chi connectivity index (χ4n) is 2.95. The Bertz CT molecular complexity index is 1000. The van der Waals surface area contributed by atoms with E-state index in [0.717, 1.165) is 29.5 Å². The fourth-order valence-corrected chi connectivity index (χ4v) is 3.61. The minimum atomic E-state index is -0.380. The fraction of sp³-hybridized carbons (Fsp3) is 0.273. The molecule has 0 saturated carbocycles. The van der Waals surface area contributed by atoms with E-state index in [1.807, 2.05) is 6.92 Å². The molecule has 0 saturated heterocycles. The first-order chi connectivity index (χ1) is 14.3. The van der Waals surface area contributed by atoms with Crippen molar-refractivity contribution in [2.45, 2.75) is 24.7 Å². The Labute approximate surface area is 179 Å². The first-order valence-corrected chi connectivity index (χ1v) is 10.4. The van der Waals surface area contributed by atoms with Gasteiger partial charge in [-0.15, -0.1) is 0 Å². The molecule has 3 rings (SSSR count). The number of carbonyl (C=O) groups excluding carboxylic acids is 4. The quantitative estimate of drug-likeness (QED) is 0.556. The summed E-state index contributed by atoms with van der Waals surface area (Å²) in [6.45, 7) is 2.37. The van der Waals surface area contributed by atoms with Crippen molar-refractivity contribution < 1.29 is 19.2 Å². The van der Waals surface area contributed by atoms with Gasteiger partial charge in [-0.2, -0.15) is 0 Å². The van der Waals surface area contributed by atoms with E-state index in [9.17, 15) is 19.2 Å². The van der Waals surface area contributed by atoms with Crippen LogP contribution in [0, 0.1) is 0 Å². The molecule has 1 aliphatic heterocycles. The lowest BCUT2D eigenvalue weighted by atomic mass is 10.1. The second-order valence-corrected chi connectivity index (χ2v) is 8.14. The second-order valence-electron chi connectivity index (χ2n) is 7.12. The molecule has 2 aromatic carbocycles. The van der Waals surface area contributed by atoms with Gasteiger partial charge in [0.25, 0.3) is 23.0 Å². The number of anilines is 1. The van der Waals surface area contributed by atoms with Crippen LogP contribution in [0.15, 0.2) is 47.4 Å². The molecule has 7 nitrogen and oxygen atoms in total. The summed E-state index contributed by atoms with van der Waals surface area (Å²) >= 11 is 1.10. The number of fused-ring (bicyclic) bond motifs is 1. The number of unbranched alkanes of at least 4 members (excludes halogenated alkanes) is 1. The van der Waals surface area contributed by atoms with Gasteiger partial charge in [0.1, 0.15) is 0 Å². The largest absolute Gasteiger partial charge is 0.339 e. The molecule has 0 atom stereocenters. The molecule has 8 heteroatoms. The summed E-state index contributed by atoms with van der Waals surface area (Å²) in [4.78, 5) is 52.8. The van der Waals surface area contributed by atoms with E-state index in [4.69, 9.17) is 0 Å². The standard InChI is InChI=1S/C22H23N3O4S/c1-4-5-12-25-20(27)17-11-6-14(13-18(17)21(25)28)19(26)23-15-7-9-16(10-8-15)30-22(29)24(2)3/h6-11,13H,4-5,12H2,1-3H3,(H,23,26). The highest BCUT2D eigenvalue weighted by atomic mass is 32.2. The van der Waals surface area contributed by atoms with Crippen LogP contribution in [0.5, 0.6) is 0 Å². The van der Waals surface area contributed by atoms with Crippen LogP contribution >= 0.6 is 11.8 Å². The van der Waals surface area contributed by atoms with Crippen molar-refractivity contribution in [3.63, 3.8) is 0 Å². The molecule has 4 amide bonds. The Kier molecular flexibility index (Phi) is 6.56. The van der Waals surface area contributed by atoms with Gasteiger partial charge in [-0.3, -0.25) is 24.1 Å². The van der Waals surface area contributed by atoms with E-state index >= 15 is 0 Å². The van der Waals surface area contributed by atoms with Gasteiger partial charge in [0, 0.05) is 36.8 Å². The molecule has 156 valence electrons. The number of rotatable bonds is 6. The van der Waals surface area contributed by atoms with Crippen LogP contribution in [0.4, 0.5) is 10.5 Å². The first kappa shape index (κ1) is 21.6. The molecule has 0 unspecified atom stereocenters. The van der Waals surface area contributed by atoms with Crippen molar-refractivity contribution in [1.29, 1.82) is 0 Å². The lowest BCUT2D eigenvalue weighted by molar-refractivity contribution is 0.0652. The van der Waals surface area contributed by atoms with Gasteiger partial charge in [0.15, 0.2) is 0 Å². The van der Waals surface area contributed by atoms with Crippen molar-refractivity contribution in [2.24, 2.45) is 0 Å². The third-order valence-electron chi connectivity index (χ3n) is 4.65. The van der Waals surface area contributed by atoms with Gasteiger partial charge in [-0.05, 0) is 60.6 Å². The van der Waals surface area contributed by atoms with E-state index in [0.29, 0.717) is 23.4 Å². The molecule has 0 aliphatic carbocycles. The smallest absolute Gasteiger partial charge is 0.285 e. The number of benzene rings is 2. The Morgan fingerprint density at radius 3 is 2.30 bits per heavy atom. The Morgan fingerprint density at radius 1 is 1.00 bits per heavy atom. The van der Waals surface area contributed by atoms with Crippen molar-refractivity contribution >= 4 is 40.4 Å². The molecule has 2 aromatic rings. The van der Waals surface area contributed by atoms with E-state index in [-0.39, 0.29) is 28.5 Å². The van der Waals surface area contributed by atoms with Crippen LogP contribution in [0.2, 0.25) is 0 Å². The molecular weight excluding hydrogens is 402 g/mol. The highest BCUT2D eigenvalue weighted by molar-refractivity contribution is 8.13. The van der Waals surface area contributed by atoms with Gasteiger partial charge < -0.3 is 10.2 Å². The molecule has 30 heavy (non-hydrogen) atoms. The van der Waals surface area contributed by atoms with Gasteiger partial charge in [-0.1, -0.05) is 13.3 Å². The number of hydrogen-bond donors (Lipinski definition) is 1. The second kappa shape index (κ2) is 9.13. The molecule has 0 spiro atoms. The lowest BCUT2D eigenvalue weighted by Gasteiger charge is -2.12. The Hall–Kier alpha value is -3.13. The maximum atomic E-state index is 12.6. The maximum Gasteiger partial charge on any atom is 0.285 e. The molecule has 1 N–H and O–H groups in total. The minimum absolute atomic E-state index is 0.0860. The minimum Gasteiger partial charge on any atom is -0.339 e. The summed E-state index contributed by atoms with van der Waals surface area (Å²) < 4.78 is 0. The molecule has 0 aromatic heterocycles. The number of nitrogens with one attached hydrogen (secondary N) is 1. The normalized spacial score (nSPS) is 12.7. The van der Waals surface area contributed by atoms with Crippen molar-refractivity contribution in [3.05, 3.63) is 59.2 Å². The predicted molar refractivity (Wildman–Crippen MR) is 116 cm³/mol. The summed E-state index contributed by atoms with van der Waals surface area (Å²) in [7, 11) is 3.36. The van der Waals surface area contributed by atoms with Crippen LogP contribution in [0.25, 0.3) is 0 Å². The average Bonchev–Trinajstić information content (AvgIpc) is 2.97. The lowest BCUT2D eigenvalue weighted by Crippen LogP contribution is -2.30. The number of hydrogen-bond acceptors (Lipinski definition) is 5. The van der Waals surface area contributed by atoms with E-state index in [1.165, 1.54) is 21.9 Å². The summed E-state index contributed by atoms with van der Waals surface area (Å²) in [5.41, 5.74) is 1.46. The third kappa shape index (κ3) is 4.54. The van der Waals surface area contributed by atoms with E-state index in [2.05, 4.69) is 5.32 Å². The highest BCUT2D eigenvalue weighted by Crippen LogP contribution is 2.26. The van der Waals surface area contributed by atoms with Gasteiger partial charge in [-0.25, -0.2) is 0 Å². The number of amides is 4. The van der Waals surface area contributed by atoms with Crippen LogP contribution < -0.4 is 5.32 Å². The highest BCUT2D eigenvalue weighted by Gasteiger charge is 2.35. The monoisotopic (exact) mass is 425 g/mol. The summed E-state index contributed by atoms with van der Waals surface area (Å²) in [6, 6.07) is 11.5. The van der Waals surface area contributed by atoms with Crippen molar-refractivity contribution in [2.75, 3.05) is 26.0 Å². The zero-order valence-electron chi connectivity index (χ0n) is 17.1. The van der Waals surface area contributed by atoms with Crippen LogP contribution in [0.3, 0.4) is 0 Å². The zero-order chi connectivity index (χ0) is 21.8. The summed E-state index contributed by atoms with van der Waals surface area (Å²) in [5.74, 6) is -1.05. The first-order valence-electron chi connectivity index (χ1n) is 9.62. The predicted octanol–water partition coefficient (Wildman–Crippen LogP) is 4.11. The van der Waals surface area contributed by atoms with Crippen molar-refractivity contribution in [3.8, 4) is 0 Å². The number of nitrogens with zero attached hydrogens (tertiary/aromatic N) is 2. The summed E-state index contributed by atoms with van der Waals surface area (Å²) in [5, 5.41) is 2.68. The molecular formula is C22H23N3O4S. The average molecular weight is 426 g/mol. The van der Waals surface area contributed by atoms with Gasteiger partial charge >= 0.3 is 0 Å². The Morgan fingerprint density at radius 2 is 1.67 bits per heavy atom. The van der Waals surface area contributed by atoms with E-state index < -0.39 is 0 Å². The van der Waals surface area contributed by atoms with Gasteiger partial charge in [0.2, 0.25) is 0 Å².